The fraction of sp³-hybridized carbons (Fsp3) is 0.154. The maximum atomic E-state index is 13.2. The third-order valence-electron chi connectivity index (χ3n) is 2.42. The Kier molecular flexibility index (Phi) is 3.59. The van der Waals surface area contributed by atoms with Crippen LogP contribution in [-0.4, -0.2) is 12.1 Å². The van der Waals surface area contributed by atoms with Crippen LogP contribution in [0.1, 0.15) is 5.69 Å². The third-order valence-corrected chi connectivity index (χ3v) is 2.67. The zero-order valence-corrected chi connectivity index (χ0v) is 10.0. The van der Waals surface area contributed by atoms with Crippen molar-refractivity contribution in [1.82, 2.24) is 4.98 Å². The fourth-order valence-corrected chi connectivity index (χ4v) is 1.82. The second kappa shape index (κ2) is 5.15. The first-order valence-corrected chi connectivity index (χ1v) is 5.64. The molecule has 1 aromatic carbocycles. The number of hydrogen-bond donors (Lipinski definition) is 0. The van der Waals surface area contributed by atoms with E-state index in [2.05, 4.69) is 4.98 Å². The van der Waals surface area contributed by atoms with E-state index in [0.717, 1.165) is 11.1 Å². The Bertz CT molecular complexity index is 531. The normalized spacial score (nSPS) is 10.3. The highest BCUT2D eigenvalue weighted by molar-refractivity contribution is 6.17. The van der Waals surface area contributed by atoms with Crippen molar-refractivity contribution in [2.45, 2.75) is 5.88 Å². The number of halogens is 2. The fourth-order valence-electron chi connectivity index (χ4n) is 1.62. The average molecular weight is 252 g/mol. The summed E-state index contributed by atoms with van der Waals surface area (Å²) in [6.45, 7) is 0. The van der Waals surface area contributed by atoms with Gasteiger partial charge in [-0.05, 0) is 23.8 Å². The Morgan fingerprint density at radius 2 is 2.12 bits per heavy atom. The van der Waals surface area contributed by atoms with Crippen LogP contribution in [0.2, 0.25) is 0 Å². The van der Waals surface area contributed by atoms with E-state index < -0.39 is 0 Å². The van der Waals surface area contributed by atoms with Gasteiger partial charge in [-0.3, -0.25) is 0 Å². The third kappa shape index (κ3) is 2.56. The number of ether oxygens (including phenoxy) is 1. The maximum absolute atomic E-state index is 13.2. The van der Waals surface area contributed by atoms with Crippen LogP contribution in [0.3, 0.4) is 0 Å². The molecule has 0 amide bonds. The SMILES string of the molecule is COc1ccc(-c2cccc(F)c2)c(CCl)n1. The molecule has 2 rings (SSSR count). The smallest absolute Gasteiger partial charge is 0.213 e. The summed E-state index contributed by atoms with van der Waals surface area (Å²) >= 11 is 5.84. The van der Waals surface area contributed by atoms with Crippen molar-refractivity contribution < 1.29 is 9.13 Å². The van der Waals surface area contributed by atoms with Gasteiger partial charge in [0.2, 0.25) is 5.88 Å². The summed E-state index contributed by atoms with van der Waals surface area (Å²) in [7, 11) is 1.54. The van der Waals surface area contributed by atoms with Crippen molar-refractivity contribution in [2.24, 2.45) is 0 Å². The predicted octanol–water partition coefficient (Wildman–Crippen LogP) is 3.64. The van der Waals surface area contributed by atoms with E-state index >= 15 is 0 Å². The van der Waals surface area contributed by atoms with E-state index in [9.17, 15) is 4.39 Å². The highest BCUT2D eigenvalue weighted by Gasteiger charge is 2.08. The number of alkyl halides is 1. The van der Waals surface area contributed by atoms with Crippen LogP contribution >= 0.6 is 11.6 Å². The first kappa shape index (κ1) is 11.9. The van der Waals surface area contributed by atoms with Crippen LogP contribution in [0.15, 0.2) is 36.4 Å². The van der Waals surface area contributed by atoms with Gasteiger partial charge in [0.15, 0.2) is 0 Å². The lowest BCUT2D eigenvalue weighted by atomic mass is 10.0. The molecule has 0 aliphatic heterocycles. The highest BCUT2D eigenvalue weighted by Crippen LogP contribution is 2.26. The van der Waals surface area contributed by atoms with Crippen molar-refractivity contribution in [3.05, 3.63) is 47.9 Å². The molecule has 0 aliphatic rings. The summed E-state index contributed by atoms with van der Waals surface area (Å²) in [5, 5.41) is 0. The summed E-state index contributed by atoms with van der Waals surface area (Å²) in [5.41, 5.74) is 2.26. The molecular weight excluding hydrogens is 241 g/mol. The molecular formula is C13H11ClFNO. The monoisotopic (exact) mass is 251 g/mol. The second-order valence-electron chi connectivity index (χ2n) is 3.49. The molecule has 0 bridgehead atoms. The van der Waals surface area contributed by atoms with Gasteiger partial charge in [-0.25, -0.2) is 9.37 Å². The van der Waals surface area contributed by atoms with E-state index in [4.69, 9.17) is 16.3 Å². The van der Waals surface area contributed by atoms with Crippen LogP contribution in [0.4, 0.5) is 4.39 Å². The standard InChI is InChI=1S/C13H11ClFNO/c1-17-13-6-5-11(12(8-14)16-13)9-3-2-4-10(15)7-9/h2-7H,8H2,1H3. The van der Waals surface area contributed by atoms with Crippen LogP contribution in [-0.2, 0) is 5.88 Å². The molecule has 0 unspecified atom stereocenters. The topological polar surface area (TPSA) is 22.1 Å². The van der Waals surface area contributed by atoms with Crippen molar-refractivity contribution in [3.8, 4) is 17.0 Å². The number of rotatable bonds is 3. The van der Waals surface area contributed by atoms with E-state index in [1.807, 2.05) is 12.1 Å². The molecule has 1 aromatic heterocycles. The summed E-state index contributed by atoms with van der Waals surface area (Å²) in [6.07, 6.45) is 0. The molecule has 0 saturated heterocycles. The second-order valence-corrected chi connectivity index (χ2v) is 3.76. The van der Waals surface area contributed by atoms with Crippen LogP contribution in [0, 0.1) is 5.82 Å². The van der Waals surface area contributed by atoms with Crippen molar-refractivity contribution >= 4 is 11.6 Å². The van der Waals surface area contributed by atoms with E-state index in [-0.39, 0.29) is 11.7 Å². The zero-order valence-electron chi connectivity index (χ0n) is 9.28. The lowest BCUT2D eigenvalue weighted by Crippen LogP contribution is -1.95. The molecule has 0 spiro atoms. The first-order valence-electron chi connectivity index (χ1n) is 5.10. The minimum absolute atomic E-state index is 0.253. The molecule has 1 heterocycles. The number of aromatic nitrogens is 1. The van der Waals surface area contributed by atoms with Crippen LogP contribution < -0.4 is 4.74 Å². The molecule has 2 aromatic rings. The lowest BCUT2D eigenvalue weighted by Gasteiger charge is -2.08. The Labute approximate surface area is 104 Å². The highest BCUT2D eigenvalue weighted by atomic mass is 35.5. The van der Waals surface area contributed by atoms with Gasteiger partial charge in [0, 0.05) is 11.6 Å². The molecule has 88 valence electrons. The first-order chi connectivity index (χ1) is 8.24. The molecule has 0 N–H and O–H groups in total. The minimum atomic E-state index is -0.279. The predicted molar refractivity (Wildman–Crippen MR) is 65.7 cm³/mol. The zero-order chi connectivity index (χ0) is 12.3. The van der Waals surface area contributed by atoms with Gasteiger partial charge in [-0.1, -0.05) is 12.1 Å². The van der Waals surface area contributed by atoms with Gasteiger partial charge >= 0.3 is 0 Å². The quantitative estimate of drug-likeness (QED) is 0.777. The van der Waals surface area contributed by atoms with Gasteiger partial charge in [0.25, 0.3) is 0 Å². The Morgan fingerprint density at radius 1 is 1.29 bits per heavy atom. The summed E-state index contributed by atoms with van der Waals surface area (Å²) in [5.74, 6) is 0.475. The average Bonchev–Trinajstić information content (AvgIpc) is 2.38. The number of methoxy groups -OCH3 is 1. The van der Waals surface area contributed by atoms with Crippen molar-refractivity contribution in [3.63, 3.8) is 0 Å². The van der Waals surface area contributed by atoms with Gasteiger partial charge in [-0.2, -0.15) is 0 Å². The lowest BCUT2D eigenvalue weighted by molar-refractivity contribution is 0.397. The Balaban J connectivity index is 2.51. The van der Waals surface area contributed by atoms with Gasteiger partial charge in [0.1, 0.15) is 5.82 Å². The molecule has 0 saturated carbocycles. The Hall–Kier alpha value is -1.61. The van der Waals surface area contributed by atoms with Crippen LogP contribution in [0.25, 0.3) is 11.1 Å². The molecule has 2 nitrogen and oxygen atoms in total. The summed E-state index contributed by atoms with van der Waals surface area (Å²) < 4.78 is 18.2. The van der Waals surface area contributed by atoms with Gasteiger partial charge in [0.05, 0.1) is 18.7 Å². The van der Waals surface area contributed by atoms with Gasteiger partial charge < -0.3 is 4.74 Å². The van der Waals surface area contributed by atoms with E-state index in [0.29, 0.717) is 11.6 Å². The number of benzene rings is 1. The van der Waals surface area contributed by atoms with Crippen molar-refractivity contribution in [1.29, 1.82) is 0 Å². The number of pyridine rings is 1. The Morgan fingerprint density at radius 3 is 2.76 bits per heavy atom. The summed E-state index contributed by atoms with van der Waals surface area (Å²) in [6, 6.07) is 9.91. The van der Waals surface area contributed by atoms with Crippen molar-refractivity contribution in [2.75, 3.05) is 7.11 Å². The minimum Gasteiger partial charge on any atom is -0.481 e. The van der Waals surface area contributed by atoms with Gasteiger partial charge in [-0.15, -0.1) is 11.6 Å². The molecule has 0 radical (unpaired) electrons. The van der Waals surface area contributed by atoms with E-state index in [1.165, 1.54) is 12.1 Å². The molecule has 0 atom stereocenters. The molecule has 17 heavy (non-hydrogen) atoms. The number of nitrogens with zero attached hydrogens (tertiary/aromatic N) is 1. The molecule has 0 aliphatic carbocycles. The molecule has 4 heteroatoms. The largest absolute Gasteiger partial charge is 0.481 e. The maximum Gasteiger partial charge on any atom is 0.213 e. The van der Waals surface area contributed by atoms with Crippen LogP contribution in [0.5, 0.6) is 5.88 Å². The van der Waals surface area contributed by atoms with E-state index in [1.54, 1.807) is 19.2 Å². The number of hydrogen-bond acceptors (Lipinski definition) is 2. The molecule has 0 fully saturated rings. The summed E-state index contributed by atoms with van der Waals surface area (Å²) in [4.78, 5) is 4.24.